The third-order valence-electron chi connectivity index (χ3n) is 2.11. The van der Waals surface area contributed by atoms with Crippen molar-refractivity contribution in [3.05, 3.63) is 24.0 Å². The Labute approximate surface area is 96.3 Å². The summed E-state index contributed by atoms with van der Waals surface area (Å²) in [7, 11) is 3.06. The van der Waals surface area contributed by atoms with Gasteiger partial charge in [-0.3, -0.25) is 4.79 Å². The first-order valence-corrected chi connectivity index (χ1v) is 5.10. The van der Waals surface area contributed by atoms with Crippen molar-refractivity contribution in [3.8, 4) is 0 Å². The number of nitrogens with two attached hydrogens (primary N) is 1. The lowest BCUT2D eigenvalue weighted by atomic mass is 9.95. The van der Waals surface area contributed by atoms with Crippen molar-refractivity contribution in [2.24, 2.45) is 11.7 Å². The zero-order valence-corrected chi connectivity index (χ0v) is 10.1. The van der Waals surface area contributed by atoms with E-state index in [1.807, 2.05) is 22.6 Å². The van der Waals surface area contributed by atoms with Crippen LogP contribution in [0.1, 0.15) is 0 Å². The number of methoxy groups -OCH3 is 2. The molecule has 1 aliphatic rings. The zero-order chi connectivity index (χ0) is 10.8. The van der Waals surface area contributed by atoms with Crippen LogP contribution < -0.4 is 5.73 Å². The van der Waals surface area contributed by atoms with Crippen molar-refractivity contribution in [2.75, 3.05) is 14.2 Å². The minimum atomic E-state index is -0.826. The van der Waals surface area contributed by atoms with Gasteiger partial charge in [0.1, 0.15) is 11.7 Å². The van der Waals surface area contributed by atoms with Crippen LogP contribution in [0.25, 0.3) is 0 Å². The fourth-order valence-corrected chi connectivity index (χ4v) is 2.27. The van der Waals surface area contributed by atoms with E-state index in [0.717, 1.165) is 0 Å². The highest BCUT2D eigenvalue weighted by Crippen LogP contribution is 2.40. The van der Waals surface area contributed by atoms with Crippen LogP contribution in [-0.2, 0) is 14.3 Å². The van der Waals surface area contributed by atoms with Gasteiger partial charge in [-0.25, -0.2) is 0 Å². The number of ether oxygens (including phenoxy) is 2. The molecule has 0 saturated heterocycles. The van der Waals surface area contributed by atoms with Crippen molar-refractivity contribution >= 4 is 28.5 Å². The van der Waals surface area contributed by atoms with Crippen LogP contribution in [0, 0.1) is 5.92 Å². The first-order chi connectivity index (χ1) is 6.56. The van der Waals surface area contributed by atoms with Crippen LogP contribution in [-0.4, -0.2) is 23.7 Å². The van der Waals surface area contributed by atoms with Crippen LogP contribution in [0.5, 0.6) is 0 Å². The van der Waals surface area contributed by atoms with Crippen LogP contribution in [0.15, 0.2) is 24.0 Å². The van der Waals surface area contributed by atoms with E-state index in [9.17, 15) is 4.79 Å². The fraction of sp³-hybridized carbons (Fsp3) is 0.444. The Kier molecular flexibility index (Phi) is 3.54. The van der Waals surface area contributed by atoms with Crippen LogP contribution in [0.3, 0.4) is 0 Å². The molecule has 0 radical (unpaired) electrons. The highest BCUT2D eigenvalue weighted by atomic mass is 127. The average Bonchev–Trinajstić information content (AvgIpc) is 2.17. The first kappa shape index (κ1) is 11.5. The lowest BCUT2D eigenvalue weighted by Crippen LogP contribution is -2.43. The molecule has 5 heteroatoms. The Hall–Kier alpha value is -0.560. The van der Waals surface area contributed by atoms with Gasteiger partial charge < -0.3 is 15.2 Å². The predicted octanol–water partition coefficient (Wildman–Crippen LogP) is 0.966. The summed E-state index contributed by atoms with van der Waals surface area (Å²) in [6.07, 6.45) is 5.21. The summed E-state index contributed by atoms with van der Waals surface area (Å²) in [5.41, 5.74) is 5.28. The largest absolute Gasteiger partial charge is 0.497 e. The van der Waals surface area contributed by atoms with Crippen LogP contribution in [0.4, 0.5) is 0 Å². The van der Waals surface area contributed by atoms with Gasteiger partial charge in [-0.05, 0) is 28.7 Å². The molecule has 0 heterocycles. The van der Waals surface area contributed by atoms with Gasteiger partial charge in [0.2, 0.25) is 5.91 Å². The molecule has 0 spiro atoms. The normalized spacial score (nSPS) is 31.1. The van der Waals surface area contributed by atoms with Gasteiger partial charge in [-0.1, -0.05) is 12.2 Å². The van der Waals surface area contributed by atoms with Gasteiger partial charge in [-0.2, -0.15) is 0 Å². The lowest BCUT2D eigenvalue weighted by Gasteiger charge is -2.33. The second-order valence-corrected chi connectivity index (χ2v) is 4.45. The second kappa shape index (κ2) is 4.31. The summed E-state index contributed by atoms with van der Waals surface area (Å²) in [5, 5.41) is 0. The van der Waals surface area contributed by atoms with Gasteiger partial charge in [0, 0.05) is 7.11 Å². The summed E-state index contributed by atoms with van der Waals surface area (Å²) in [6, 6.07) is 0. The highest BCUT2D eigenvalue weighted by molar-refractivity contribution is 14.1. The van der Waals surface area contributed by atoms with E-state index in [4.69, 9.17) is 15.2 Å². The molecule has 2 unspecified atom stereocenters. The predicted molar refractivity (Wildman–Crippen MR) is 60.7 cm³/mol. The molecule has 0 aliphatic heterocycles. The fourth-order valence-electron chi connectivity index (χ4n) is 1.36. The smallest absolute Gasteiger partial charge is 0.228 e. The van der Waals surface area contributed by atoms with Crippen molar-refractivity contribution in [2.45, 2.75) is 3.61 Å². The van der Waals surface area contributed by atoms with Gasteiger partial charge in [0.15, 0.2) is 3.61 Å². The Morgan fingerprint density at radius 3 is 2.71 bits per heavy atom. The third kappa shape index (κ3) is 1.78. The van der Waals surface area contributed by atoms with Crippen LogP contribution in [0.2, 0.25) is 0 Å². The molecule has 2 N–H and O–H groups in total. The van der Waals surface area contributed by atoms with Gasteiger partial charge in [0.05, 0.1) is 7.11 Å². The molecule has 1 aliphatic carbocycles. The van der Waals surface area contributed by atoms with E-state index in [1.54, 1.807) is 18.2 Å². The zero-order valence-electron chi connectivity index (χ0n) is 7.99. The maximum Gasteiger partial charge on any atom is 0.228 e. The van der Waals surface area contributed by atoms with E-state index < -0.39 is 15.4 Å². The lowest BCUT2D eigenvalue weighted by molar-refractivity contribution is -0.124. The molecule has 1 rings (SSSR count). The molecule has 4 nitrogen and oxygen atoms in total. The minimum absolute atomic E-state index is 0.430. The summed E-state index contributed by atoms with van der Waals surface area (Å²) in [4.78, 5) is 11.2. The standard InChI is InChI=1S/C9H12INO3/c1-13-7-5-3-4-6(8(11)12)9(7,10)14-2/h3-6H,1-2H3,(H2,11,12). The maximum absolute atomic E-state index is 11.2. The van der Waals surface area contributed by atoms with Gasteiger partial charge in [0.25, 0.3) is 0 Å². The average molecular weight is 309 g/mol. The molecular weight excluding hydrogens is 297 g/mol. The van der Waals surface area contributed by atoms with Gasteiger partial charge in [-0.15, -0.1) is 0 Å². The van der Waals surface area contributed by atoms with E-state index in [0.29, 0.717) is 5.76 Å². The van der Waals surface area contributed by atoms with Crippen molar-refractivity contribution in [1.29, 1.82) is 0 Å². The highest BCUT2D eigenvalue weighted by Gasteiger charge is 2.44. The van der Waals surface area contributed by atoms with Crippen LogP contribution >= 0.6 is 22.6 Å². The summed E-state index contributed by atoms with van der Waals surface area (Å²) in [6.45, 7) is 0. The van der Waals surface area contributed by atoms with Crippen molar-refractivity contribution < 1.29 is 14.3 Å². The third-order valence-corrected chi connectivity index (χ3v) is 3.75. The summed E-state index contributed by atoms with van der Waals surface area (Å²) in [5.74, 6) is -0.347. The quantitative estimate of drug-likeness (QED) is 0.624. The number of rotatable bonds is 3. The molecule has 78 valence electrons. The number of hydrogen-bond acceptors (Lipinski definition) is 3. The number of allylic oxidation sites excluding steroid dienone is 2. The first-order valence-electron chi connectivity index (χ1n) is 4.02. The topological polar surface area (TPSA) is 61.5 Å². The summed E-state index contributed by atoms with van der Waals surface area (Å²) >= 11 is 2.03. The molecule has 0 fully saturated rings. The number of primary amides is 1. The Balaban J connectivity index is 3.08. The molecule has 0 aromatic carbocycles. The van der Waals surface area contributed by atoms with Crippen molar-refractivity contribution in [1.82, 2.24) is 0 Å². The summed E-state index contributed by atoms with van der Waals surface area (Å²) < 4.78 is 9.62. The number of halogens is 1. The molecule has 1 amide bonds. The Bertz CT molecular complexity index is 300. The Morgan fingerprint density at radius 1 is 1.64 bits per heavy atom. The van der Waals surface area contributed by atoms with E-state index in [1.165, 1.54) is 14.2 Å². The van der Waals surface area contributed by atoms with E-state index in [2.05, 4.69) is 0 Å². The monoisotopic (exact) mass is 309 g/mol. The second-order valence-electron chi connectivity index (χ2n) is 2.85. The minimum Gasteiger partial charge on any atom is -0.497 e. The Morgan fingerprint density at radius 2 is 2.29 bits per heavy atom. The molecule has 0 aromatic rings. The SMILES string of the molecule is COC1=CC=CC(C(N)=O)C1(I)OC. The maximum atomic E-state index is 11.2. The number of alkyl halides is 1. The molecule has 2 atom stereocenters. The number of hydrogen-bond donors (Lipinski definition) is 1. The number of carbonyl (C=O) groups excluding carboxylic acids is 1. The van der Waals surface area contributed by atoms with Crippen molar-refractivity contribution in [3.63, 3.8) is 0 Å². The van der Waals surface area contributed by atoms with E-state index >= 15 is 0 Å². The molecule has 0 aromatic heterocycles. The molecule has 0 bridgehead atoms. The molecular formula is C9H12INO3. The van der Waals surface area contributed by atoms with Gasteiger partial charge >= 0.3 is 0 Å². The number of amides is 1. The van der Waals surface area contributed by atoms with E-state index in [-0.39, 0.29) is 0 Å². The number of carbonyl (C=O) groups is 1. The molecule has 14 heavy (non-hydrogen) atoms. The molecule has 0 saturated carbocycles.